The average Bonchev–Trinajstić information content (AvgIpc) is 2.92. The molecule has 0 radical (unpaired) electrons. The number of pyridine rings is 1. The Morgan fingerprint density at radius 2 is 2.40 bits per heavy atom. The molecule has 2 rings (SSSR count). The SMILES string of the molecule is CCNc1cc(C(=O)NC(C)C2CCCO2)cc(Cl)n1. The second-order valence-corrected chi connectivity index (χ2v) is 5.29. The third kappa shape index (κ3) is 3.84. The number of halogens is 1. The van der Waals surface area contributed by atoms with Crippen molar-refractivity contribution in [2.45, 2.75) is 38.8 Å². The van der Waals surface area contributed by atoms with Crippen molar-refractivity contribution < 1.29 is 9.53 Å². The van der Waals surface area contributed by atoms with Crippen molar-refractivity contribution >= 4 is 23.3 Å². The molecule has 1 aliphatic rings. The fourth-order valence-electron chi connectivity index (χ4n) is 2.28. The van der Waals surface area contributed by atoms with Gasteiger partial charge in [0.1, 0.15) is 11.0 Å². The molecule has 2 heterocycles. The predicted molar refractivity (Wildman–Crippen MR) is 79.3 cm³/mol. The summed E-state index contributed by atoms with van der Waals surface area (Å²) in [5.41, 5.74) is 0.505. The minimum absolute atomic E-state index is 0.0143. The number of rotatable bonds is 5. The summed E-state index contributed by atoms with van der Waals surface area (Å²) in [6.45, 7) is 5.42. The zero-order chi connectivity index (χ0) is 14.5. The van der Waals surface area contributed by atoms with Crippen LogP contribution in [-0.4, -0.2) is 36.2 Å². The van der Waals surface area contributed by atoms with Crippen LogP contribution < -0.4 is 10.6 Å². The van der Waals surface area contributed by atoms with Crippen LogP contribution in [0.25, 0.3) is 0 Å². The molecule has 2 atom stereocenters. The Hall–Kier alpha value is -1.33. The Balaban J connectivity index is 2.04. The first-order valence-corrected chi connectivity index (χ1v) is 7.32. The smallest absolute Gasteiger partial charge is 0.251 e. The molecule has 0 bridgehead atoms. The van der Waals surface area contributed by atoms with E-state index in [9.17, 15) is 4.79 Å². The van der Waals surface area contributed by atoms with E-state index in [0.717, 1.165) is 26.0 Å². The quantitative estimate of drug-likeness (QED) is 0.820. The van der Waals surface area contributed by atoms with Gasteiger partial charge in [-0.25, -0.2) is 4.98 Å². The highest BCUT2D eigenvalue weighted by Gasteiger charge is 2.24. The van der Waals surface area contributed by atoms with Gasteiger partial charge in [0.05, 0.1) is 12.1 Å². The van der Waals surface area contributed by atoms with Gasteiger partial charge < -0.3 is 15.4 Å². The van der Waals surface area contributed by atoms with Gasteiger partial charge in [-0.1, -0.05) is 11.6 Å². The Labute approximate surface area is 124 Å². The van der Waals surface area contributed by atoms with Crippen molar-refractivity contribution in [2.75, 3.05) is 18.5 Å². The molecular weight excluding hydrogens is 278 g/mol. The zero-order valence-corrected chi connectivity index (χ0v) is 12.5. The molecule has 1 aliphatic heterocycles. The summed E-state index contributed by atoms with van der Waals surface area (Å²) in [5.74, 6) is 0.450. The first-order chi connectivity index (χ1) is 9.60. The second-order valence-electron chi connectivity index (χ2n) is 4.91. The number of hydrogen-bond acceptors (Lipinski definition) is 4. The van der Waals surface area contributed by atoms with Crippen molar-refractivity contribution in [3.63, 3.8) is 0 Å². The second kappa shape index (κ2) is 6.90. The van der Waals surface area contributed by atoms with E-state index >= 15 is 0 Å². The third-order valence-corrected chi connectivity index (χ3v) is 3.49. The van der Waals surface area contributed by atoms with Gasteiger partial charge in [0.2, 0.25) is 0 Å². The molecule has 1 amide bonds. The van der Waals surface area contributed by atoms with Crippen molar-refractivity contribution in [1.29, 1.82) is 0 Å². The highest BCUT2D eigenvalue weighted by Crippen LogP contribution is 2.17. The number of anilines is 1. The molecule has 1 aromatic rings. The maximum absolute atomic E-state index is 12.2. The summed E-state index contributed by atoms with van der Waals surface area (Å²) < 4.78 is 5.57. The summed E-state index contributed by atoms with van der Waals surface area (Å²) in [6, 6.07) is 3.26. The molecule has 0 aliphatic carbocycles. The van der Waals surface area contributed by atoms with Crippen LogP contribution in [0.4, 0.5) is 5.82 Å². The van der Waals surface area contributed by atoms with Crippen LogP contribution in [0.1, 0.15) is 37.0 Å². The normalized spacial score (nSPS) is 19.6. The van der Waals surface area contributed by atoms with Crippen LogP contribution in [0.3, 0.4) is 0 Å². The van der Waals surface area contributed by atoms with Gasteiger partial charge in [-0.15, -0.1) is 0 Å². The minimum Gasteiger partial charge on any atom is -0.376 e. The number of amides is 1. The first-order valence-electron chi connectivity index (χ1n) is 6.94. The molecule has 20 heavy (non-hydrogen) atoms. The number of nitrogens with one attached hydrogen (secondary N) is 2. The summed E-state index contributed by atoms with van der Waals surface area (Å²) in [7, 11) is 0. The Morgan fingerprint density at radius 1 is 1.60 bits per heavy atom. The molecule has 1 saturated heterocycles. The zero-order valence-electron chi connectivity index (χ0n) is 11.8. The van der Waals surface area contributed by atoms with E-state index in [2.05, 4.69) is 15.6 Å². The predicted octanol–water partition coefficient (Wildman–Crippen LogP) is 2.46. The van der Waals surface area contributed by atoms with Crippen molar-refractivity contribution in [1.82, 2.24) is 10.3 Å². The van der Waals surface area contributed by atoms with E-state index in [4.69, 9.17) is 16.3 Å². The summed E-state index contributed by atoms with van der Waals surface area (Å²) >= 11 is 5.94. The van der Waals surface area contributed by atoms with E-state index in [1.54, 1.807) is 12.1 Å². The van der Waals surface area contributed by atoms with E-state index in [1.807, 2.05) is 13.8 Å². The van der Waals surface area contributed by atoms with Gasteiger partial charge in [-0.05, 0) is 38.8 Å². The van der Waals surface area contributed by atoms with E-state index in [1.165, 1.54) is 0 Å². The summed E-state index contributed by atoms with van der Waals surface area (Å²) in [6.07, 6.45) is 2.14. The fraction of sp³-hybridized carbons (Fsp3) is 0.571. The minimum atomic E-state index is -0.156. The van der Waals surface area contributed by atoms with Crippen molar-refractivity contribution in [3.8, 4) is 0 Å². The monoisotopic (exact) mass is 297 g/mol. The third-order valence-electron chi connectivity index (χ3n) is 3.30. The number of aromatic nitrogens is 1. The molecule has 1 fully saturated rings. The van der Waals surface area contributed by atoms with Gasteiger partial charge >= 0.3 is 0 Å². The molecule has 110 valence electrons. The molecule has 1 aromatic heterocycles. The molecule has 6 heteroatoms. The molecule has 2 unspecified atom stereocenters. The number of ether oxygens (including phenoxy) is 1. The summed E-state index contributed by atoms with van der Waals surface area (Å²) in [4.78, 5) is 16.4. The molecule has 5 nitrogen and oxygen atoms in total. The van der Waals surface area contributed by atoms with Gasteiger partial charge in [0, 0.05) is 18.7 Å². The first kappa shape index (κ1) is 15.1. The van der Waals surface area contributed by atoms with E-state index in [-0.39, 0.29) is 18.1 Å². The molecule has 0 spiro atoms. The van der Waals surface area contributed by atoms with Crippen LogP contribution in [-0.2, 0) is 4.74 Å². The molecule has 2 N–H and O–H groups in total. The Bertz CT molecular complexity index is 475. The lowest BCUT2D eigenvalue weighted by atomic mass is 10.1. The Morgan fingerprint density at radius 3 is 3.05 bits per heavy atom. The molecule has 0 aromatic carbocycles. The van der Waals surface area contributed by atoms with Gasteiger partial charge in [-0.2, -0.15) is 0 Å². The Kier molecular flexibility index (Phi) is 5.20. The topological polar surface area (TPSA) is 63.2 Å². The lowest BCUT2D eigenvalue weighted by Crippen LogP contribution is -2.40. The highest BCUT2D eigenvalue weighted by molar-refractivity contribution is 6.29. The van der Waals surface area contributed by atoms with Gasteiger partial charge in [0.25, 0.3) is 5.91 Å². The lowest BCUT2D eigenvalue weighted by molar-refractivity contribution is 0.0712. The van der Waals surface area contributed by atoms with Crippen LogP contribution in [0, 0.1) is 0 Å². The average molecular weight is 298 g/mol. The fourth-order valence-corrected chi connectivity index (χ4v) is 2.49. The van der Waals surface area contributed by atoms with Crippen LogP contribution in [0.15, 0.2) is 12.1 Å². The standard InChI is InChI=1S/C14H20ClN3O2/c1-3-16-13-8-10(7-12(15)18-13)14(19)17-9(2)11-5-4-6-20-11/h7-9,11H,3-6H2,1-2H3,(H,16,18)(H,17,19). The van der Waals surface area contributed by atoms with Gasteiger partial charge in [0.15, 0.2) is 0 Å². The van der Waals surface area contributed by atoms with Crippen molar-refractivity contribution in [3.05, 3.63) is 22.8 Å². The lowest BCUT2D eigenvalue weighted by Gasteiger charge is -2.20. The summed E-state index contributed by atoms with van der Waals surface area (Å²) in [5, 5.41) is 6.31. The van der Waals surface area contributed by atoms with Crippen molar-refractivity contribution in [2.24, 2.45) is 0 Å². The number of carbonyl (C=O) groups excluding carboxylic acids is 1. The van der Waals surface area contributed by atoms with Crippen LogP contribution in [0.5, 0.6) is 0 Å². The molecular formula is C14H20ClN3O2. The number of hydrogen-bond donors (Lipinski definition) is 2. The van der Waals surface area contributed by atoms with E-state index < -0.39 is 0 Å². The number of nitrogens with zero attached hydrogens (tertiary/aromatic N) is 1. The maximum atomic E-state index is 12.2. The molecule has 0 saturated carbocycles. The van der Waals surface area contributed by atoms with Crippen LogP contribution >= 0.6 is 11.6 Å². The maximum Gasteiger partial charge on any atom is 0.251 e. The largest absolute Gasteiger partial charge is 0.376 e. The van der Waals surface area contributed by atoms with Crippen LogP contribution in [0.2, 0.25) is 5.15 Å². The van der Waals surface area contributed by atoms with E-state index in [0.29, 0.717) is 16.5 Å². The van der Waals surface area contributed by atoms with Gasteiger partial charge in [-0.3, -0.25) is 4.79 Å². The highest BCUT2D eigenvalue weighted by atomic mass is 35.5. The number of carbonyl (C=O) groups is 1.